The number of carbonyl (C=O) groups is 1. The summed E-state index contributed by atoms with van der Waals surface area (Å²) in [6.07, 6.45) is -3.24. The molecule has 0 spiro atoms. The zero-order chi connectivity index (χ0) is 22.2. The molecule has 1 fully saturated rings. The molecule has 1 saturated heterocycles. The Morgan fingerprint density at radius 2 is 1.93 bits per heavy atom. The van der Waals surface area contributed by atoms with Crippen molar-refractivity contribution in [2.45, 2.75) is 25.1 Å². The van der Waals surface area contributed by atoms with Crippen LogP contribution in [0.4, 0.5) is 33.7 Å². The fourth-order valence-corrected chi connectivity index (χ4v) is 3.08. The Hall–Kier alpha value is -3.22. The Balaban J connectivity index is 0.000000318. The fraction of sp³-hybridized carbons (Fsp3) is 0.353. The van der Waals surface area contributed by atoms with Crippen LogP contribution in [0.1, 0.15) is 12.8 Å². The summed E-state index contributed by atoms with van der Waals surface area (Å²) in [7, 11) is 0. The number of halogens is 5. The first-order valence-electron chi connectivity index (χ1n) is 8.63. The smallest absolute Gasteiger partial charge is 0.475 e. The SMILES string of the molecule is Nc1nc(N2CCC[C@H](N)C2)c2oc3ccc(F)c(F)c3c2n1.O=C(O)C(F)(F)F. The van der Waals surface area contributed by atoms with Crippen LogP contribution in [0.2, 0.25) is 0 Å². The third-order valence-electron chi connectivity index (χ3n) is 4.37. The second-order valence-electron chi connectivity index (χ2n) is 6.57. The molecule has 1 aliphatic heterocycles. The molecule has 0 bridgehead atoms. The molecule has 0 radical (unpaired) electrons. The van der Waals surface area contributed by atoms with Crippen molar-refractivity contribution in [3.05, 3.63) is 23.8 Å². The normalized spacial score (nSPS) is 17.1. The van der Waals surface area contributed by atoms with Crippen molar-refractivity contribution in [1.82, 2.24) is 9.97 Å². The van der Waals surface area contributed by atoms with Crippen molar-refractivity contribution in [1.29, 1.82) is 0 Å². The van der Waals surface area contributed by atoms with Crippen LogP contribution in [0, 0.1) is 11.6 Å². The Labute approximate surface area is 165 Å². The van der Waals surface area contributed by atoms with E-state index in [1.165, 1.54) is 6.07 Å². The molecular formula is C17H16F5N5O3. The van der Waals surface area contributed by atoms with Gasteiger partial charge in [-0.25, -0.2) is 18.6 Å². The largest absolute Gasteiger partial charge is 0.490 e. The van der Waals surface area contributed by atoms with Crippen molar-refractivity contribution in [2.24, 2.45) is 5.73 Å². The minimum atomic E-state index is -5.08. The van der Waals surface area contributed by atoms with Crippen LogP contribution in [0.5, 0.6) is 0 Å². The number of hydrogen-bond donors (Lipinski definition) is 3. The zero-order valence-corrected chi connectivity index (χ0v) is 15.2. The van der Waals surface area contributed by atoms with Gasteiger partial charge in [0, 0.05) is 19.1 Å². The highest BCUT2D eigenvalue weighted by Gasteiger charge is 2.38. The monoisotopic (exact) mass is 433 g/mol. The Kier molecular flexibility index (Phi) is 5.65. The number of carboxylic acid groups (broad SMARTS) is 1. The minimum absolute atomic E-state index is 0.0157. The number of anilines is 2. The van der Waals surface area contributed by atoms with Gasteiger partial charge in [-0.2, -0.15) is 18.2 Å². The van der Waals surface area contributed by atoms with Gasteiger partial charge in [-0.15, -0.1) is 0 Å². The number of nitrogen functional groups attached to an aromatic ring is 1. The first-order valence-corrected chi connectivity index (χ1v) is 8.63. The van der Waals surface area contributed by atoms with Gasteiger partial charge in [0.05, 0.1) is 5.39 Å². The van der Waals surface area contributed by atoms with E-state index in [9.17, 15) is 22.0 Å². The second kappa shape index (κ2) is 7.89. The van der Waals surface area contributed by atoms with E-state index in [1.807, 2.05) is 4.90 Å². The molecule has 1 aliphatic rings. The van der Waals surface area contributed by atoms with Gasteiger partial charge in [-0.3, -0.25) is 0 Å². The number of piperidine rings is 1. The Morgan fingerprint density at radius 3 is 2.53 bits per heavy atom. The lowest BCUT2D eigenvalue weighted by molar-refractivity contribution is -0.192. The maximum Gasteiger partial charge on any atom is 0.490 e. The topological polar surface area (TPSA) is 132 Å². The summed E-state index contributed by atoms with van der Waals surface area (Å²) in [4.78, 5) is 19.1. The molecule has 1 atom stereocenters. The third-order valence-corrected chi connectivity index (χ3v) is 4.37. The molecule has 0 saturated carbocycles. The van der Waals surface area contributed by atoms with E-state index in [0.29, 0.717) is 17.9 Å². The molecule has 5 N–H and O–H groups in total. The Morgan fingerprint density at radius 1 is 1.27 bits per heavy atom. The Bertz CT molecular complexity index is 1100. The van der Waals surface area contributed by atoms with Crippen LogP contribution < -0.4 is 16.4 Å². The number of nitrogens with zero attached hydrogens (tertiary/aromatic N) is 3. The van der Waals surface area contributed by atoms with Crippen molar-refractivity contribution < 1.29 is 36.3 Å². The predicted octanol–water partition coefficient (Wildman–Crippen LogP) is 2.80. The zero-order valence-electron chi connectivity index (χ0n) is 15.2. The number of carboxylic acids is 1. The van der Waals surface area contributed by atoms with Gasteiger partial charge < -0.3 is 25.9 Å². The predicted molar refractivity (Wildman–Crippen MR) is 96.8 cm³/mol. The number of rotatable bonds is 1. The molecule has 8 nitrogen and oxygen atoms in total. The lowest BCUT2D eigenvalue weighted by Gasteiger charge is -2.31. The summed E-state index contributed by atoms with van der Waals surface area (Å²) in [6, 6.07) is 2.42. The van der Waals surface area contributed by atoms with E-state index >= 15 is 0 Å². The number of hydrogen-bond acceptors (Lipinski definition) is 7. The van der Waals surface area contributed by atoms with Crippen molar-refractivity contribution in [2.75, 3.05) is 23.7 Å². The molecule has 4 rings (SSSR count). The van der Waals surface area contributed by atoms with E-state index in [1.54, 1.807) is 0 Å². The molecule has 162 valence electrons. The maximum atomic E-state index is 14.2. The van der Waals surface area contributed by atoms with Crippen molar-refractivity contribution in [3.8, 4) is 0 Å². The summed E-state index contributed by atoms with van der Waals surface area (Å²) >= 11 is 0. The molecular weight excluding hydrogens is 417 g/mol. The molecule has 30 heavy (non-hydrogen) atoms. The summed E-state index contributed by atoms with van der Waals surface area (Å²) in [5, 5.41) is 7.11. The summed E-state index contributed by atoms with van der Waals surface area (Å²) in [5.41, 5.74) is 12.5. The van der Waals surface area contributed by atoms with Gasteiger partial charge in [-0.1, -0.05) is 0 Å². The fourth-order valence-electron chi connectivity index (χ4n) is 3.08. The van der Waals surface area contributed by atoms with Crippen LogP contribution >= 0.6 is 0 Å². The number of alkyl halides is 3. The number of fused-ring (bicyclic) bond motifs is 3. The molecule has 1 aromatic carbocycles. The molecule has 0 unspecified atom stereocenters. The van der Waals surface area contributed by atoms with Crippen LogP contribution in [-0.4, -0.2) is 46.4 Å². The molecule has 0 amide bonds. The first-order chi connectivity index (χ1) is 14.0. The standard InChI is InChI=1S/C15H15F2N5O.C2HF3O2/c16-8-3-4-9-10(11(8)17)12-13(23-9)14(21-15(19)20-12)22-5-1-2-7(18)6-22;3-2(4,5)1(6)7/h3-4,7H,1-2,5-6,18H2,(H2,19,20,21);(H,6,7)/t7-;/m0./s1. The van der Waals surface area contributed by atoms with Crippen molar-refractivity contribution in [3.63, 3.8) is 0 Å². The maximum absolute atomic E-state index is 14.2. The molecule has 3 aromatic rings. The van der Waals surface area contributed by atoms with Crippen molar-refractivity contribution >= 4 is 39.8 Å². The highest BCUT2D eigenvalue weighted by atomic mass is 19.4. The number of aromatic nitrogens is 2. The van der Waals surface area contributed by atoms with Crippen LogP contribution in [-0.2, 0) is 4.79 Å². The highest BCUT2D eigenvalue weighted by molar-refractivity contribution is 6.06. The number of benzene rings is 1. The third kappa shape index (κ3) is 4.20. The van der Waals surface area contributed by atoms with Crippen LogP contribution in [0.25, 0.3) is 22.1 Å². The molecule has 2 aromatic heterocycles. The summed E-state index contributed by atoms with van der Waals surface area (Å²) in [5.74, 6) is -4.26. The summed E-state index contributed by atoms with van der Waals surface area (Å²) in [6.45, 7) is 1.34. The van der Waals surface area contributed by atoms with Crippen LogP contribution in [0.15, 0.2) is 16.5 Å². The van der Waals surface area contributed by atoms with Gasteiger partial charge in [-0.05, 0) is 25.0 Å². The number of aliphatic carboxylic acids is 1. The van der Waals surface area contributed by atoms with E-state index in [0.717, 1.165) is 25.5 Å². The van der Waals surface area contributed by atoms with E-state index in [4.69, 9.17) is 25.8 Å². The highest BCUT2D eigenvalue weighted by Crippen LogP contribution is 2.36. The van der Waals surface area contributed by atoms with E-state index < -0.39 is 23.8 Å². The average molecular weight is 433 g/mol. The van der Waals surface area contributed by atoms with E-state index in [-0.39, 0.29) is 28.5 Å². The van der Waals surface area contributed by atoms with E-state index in [2.05, 4.69) is 9.97 Å². The van der Waals surface area contributed by atoms with Gasteiger partial charge in [0.25, 0.3) is 0 Å². The lowest BCUT2D eigenvalue weighted by Crippen LogP contribution is -2.43. The molecule has 13 heteroatoms. The van der Waals surface area contributed by atoms with Gasteiger partial charge in [0.15, 0.2) is 23.0 Å². The average Bonchev–Trinajstić information content (AvgIpc) is 3.03. The van der Waals surface area contributed by atoms with Gasteiger partial charge >= 0.3 is 12.1 Å². The van der Waals surface area contributed by atoms with Crippen LogP contribution in [0.3, 0.4) is 0 Å². The summed E-state index contributed by atoms with van der Waals surface area (Å²) < 4.78 is 65.1. The van der Waals surface area contributed by atoms with Gasteiger partial charge in [0.2, 0.25) is 5.95 Å². The number of furan rings is 1. The molecule has 3 heterocycles. The lowest BCUT2D eigenvalue weighted by atomic mass is 10.1. The quantitative estimate of drug-likeness (QED) is 0.499. The first kappa shape index (κ1) is 21.5. The minimum Gasteiger partial charge on any atom is -0.475 e. The molecule has 0 aliphatic carbocycles. The second-order valence-corrected chi connectivity index (χ2v) is 6.57. The van der Waals surface area contributed by atoms with Gasteiger partial charge in [0.1, 0.15) is 11.1 Å². The number of nitrogens with two attached hydrogens (primary N) is 2.